The molecule has 0 unspecified atom stereocenters. The number of rotatable bonds is 18. The van der Waals surface area contributed by atoms with Gasteiger partial charge in [0.05, 0.1) is 14.2 Å². The summed E-state index contributed by atoms with van der Waals surface area (Å²) in [6, 6.07) is -1.97. The van der Waals surface area contributed by atoms with Crippen LogP contribution in [0.3, 0.4) is 0 Å². The van der Waals surface area contributed by atoms with Gasteiger partial charge in [-0.2, -0.15) is 0 Å². The quantitative estimate of drug-likeness (QED) is 0.123. The van der Waals surface area contributed by atoms with E-state index in [1.54, 1.807) is 0 Å². The summed E-state index contributed by atoms with van der Waals surface area (Å²) >= 11 is 0. The average Bonchev–Trinajstić information content (AvgIpc) is 2.81. The molecule has 0 fully saturated rings. The molecular weight excluding hydrogens is 490 g/mol. The van der Waals surface area contributed by atoms with Crippen LogP contribution in [0.2, 0.25) is 0 Å². The Morgan fingerprint density at radius 1 is 0.743 bits per heavy atom. The Hall–Kier alpha value is -1.76. The van der Waals surface area contributed by atoms with Gasteiger partial charge >= 0.3 is 27.0 Å². The lowest BCUT2D eigenvalue weighted by atomic mass is 10.0. The Morgan fingerprint density at radius 3 is 1.26 bits per heavy atom. The predicted octanol–water partition coefficient (Wildman–Crippen LogP) is 5.83. The first kappa shape index (κ1) is 33.2. The molecule has 0 rings (SSSR count). The second-order valence-corrected chi connectivity index (χ2v) is 13.4. The third kappa shape index (κ3) is 9.32. The van der Waals surface area contributed by atoms with E-state index in [9.17, 15) is 18.7 Å². The molecule has 9 nitrogen and oxygen atoms in total. The van der Waals surface area contributed by atoms with Crippen LogP contribution in [0.5, 0.6) is 0 Å². The molecule has 0 aromatic carbocycles. The van der Waals surface area contributed by atoms with Crippen LogP contribution in [0.1, 0.15) is 40.5 Å². The summed E-state index contributed by atoms with van der Waals surface area (Å²) in [5.41, 5.74) is 0. The van der Waals surface area contributed by atoms with Crippen molar-refractivity contribution in [3.8, 4) is 0 Å². The summed E-state index contributed by atoms with van der Waals surface area (Å²) in [6.45, 7) is 22.2. The highest BCUT2D eigenvalue weighted by Crippen LogP contribution is 2.69. The van der Waals surface area contributed by atoms with Crippen molar-refractivity contribution in [2.24, 2.45) is 11.8 Å². The van der Waals surface area contributed by atoms with Gasteiger partial charge in [-0.15, -0.1) is 13.2 Å². The van der Waals surface area contributed by atoms with Crippen LogP contribution >= 0.6 is 15.0 Å². The standard InChI is InChI=1S/C24H42N2O7P2/c1-11-15-25(21(17-19(5)6)23(27)31-9)34(29,13-3)33-35(30,14-4)26(16-12-2)22(18-20(7)8)24(28)32-10/h11-14,19-22H,1-4,15-18H2,5-10H3/t21-,22-,34-,35+/m0/s1. The smallest absolute Gasteiger partial charge is 0.323 e. The SMILES string of the molecule is C=CCN([C@@H](CC(C)C)C(=O)OC)[P@@](=O)(C=C)O[P@@](=O)(C=C)N(CC=C)[C@@H](CC(C)C)C(=O)OC. The second-order valence-electron chi connectivity index (χ2n) is 8.73. The largest absolute Gasteiger partial charge is 0.468 e. The topological polar surface area (TPSA) is 102 Å². The molecule has 35 heavy (non-hydrogen) atoms. The lowest BCUT2D eigenvalue weighted by Crippen LogP contribution is -2.43. The van der Waals surface area contributed by atoms with Crippen molar-refractivity contribution in [3.05, 3.63) is 50.1 Å². The molecule has 0 N–H and O–H groups in total. The molecule has 11 heteroatoms. The minimum Gasteiger partial charge on any atom is -0.468 e. The Bertz CT molecular complexity index is 789. The van der Waals surface area contributed by atoms with E-state index in [4.69, 9.17) is 13.8 Å². The van der Waals surface area contributed by atoms with Gasteiger partial charge in [0.1, 0.15) is 12.1 Å². The van der Waals surface area contributed by atoms with Gasteiger partial charge in [-0.05, 0) is 24.7 Å². The summed E-state index contributed by atoms with van der Waals surface area (Å²) in [6.07, 6.45) is 3.47. The van der Waals surface area contributed by atoms with Crippen molar-refractivity contribution in [1.29, 1.82) is 0 Å². The highest BCUT2D eigenvalue weighted by Gasteiger charge is 2.47. The number of carbonyl (C=O) groups is 2. The lowest BCUT2D eigenvalue weighted by molar-refractivity contribution is -0.146. The van der Waals surface area contributed by atoms with E-state index in [2.05, 4.69) is 26.3 Å². The van der Waals surface area contributed by atoms with Gasteiger partial charge in [-0.25, -0.2) is 13.7 Å². The summed E-state index contributed by atoms with van der Waals surface area (Å²) in [7, 11) is -5.88. The molecule has 4 atom stereocenters. The first-order chi connectivity index (χ1) is 16.3. The Kier molecular flexibility index (Phi) is 14.6. The molecule has 0 aliphatic carbocycles. The van der Waals surface area contributed by atoms with Crippen LogP contribution in [-0.4, -0.2) is 60.7 Å². The normalized spacial score (nSPS) is 16.7. The van der Waals surface area contributed by atoms with Crippen molar-refractivity contribution < 1.29 is 32.5 Å². The van der Waals surface area contributed by atoms with E-state index in [0.717, 1.165) is 11.6 Å². The fourth-order valence-electron chi connectivity index (χ4n) is 3.52. The zero-order valence-corrected chi connectivity index (χ0v) is 23.7. The monoisotopic (exact) mass is 532 g/mol. The number of ether oxygens (including phenoxy) is 2. The predicted molar refractivity (Wildman–Crippen MR) is 141 cm³/mol. The number of esters is 2. The van der Waals surface area contributed by atoms with Gasteiger partial charge in [0.15, 0.2) is 0 Å². The van der Waals surface area contributed by atoms with Gasteiger partial charge in [-0.3, -0.25) is 18.7 Å². The molecule has 0 bridgehead atoms. The van der Waals surface area contributed by atoms with Crippen molar-refractivity contribution in [3.63, 3.8) is 0 Å². The molecule has 200 valence electrons. The van der Waals surface area contributed by atoms with Gasteiger partial charge in [-0.1, -0.05) is 53.0 Å². The minimum absolute atomic E-state index is 0.0305. The van der Waals surface area contributed by atoms with Crippen molar-refractivity contribution in [1.82, 2.24) is 9.34 Å². The van der Waals surface area contributed by atoms with Crippen molar-refractivity contribution in [2.75, 3.05) is 27.3 Å². The molecule has 0 heterocycles. The van der Waals surface area contributed by atoms with Gasteiger partial charge in [0, 0.05) is 24.7 Å². The number of carbonyl (C=O) groups excluding carboxylic acids is 2. The van der Waals surface area contributed by atoms with E-state index in [0.29, 0.717) is 0 Å². The van der Waals surface area contributed by atoms with Gasteiger partial charge < -0.3 is 9.47 Å². The third-order valence-electron chi connectivity index (χ3n) is 5.10. The molecular formula is C24H42N2O7P2. The molecule has 0 spiro atoms. The number of methoxy groups -OCH3 is 2. The minimum atomic E-state index is -4.17. The van der Waals surface area contributed by atoms with Crippen LogP contribution in [0.25, 0.3) is 0 Å². The lowest BCUT2D eigenvalue weighted by Gasteiger charge is -2.39. The van der Waals surface area contributed by atoms with Crippen LogP contribution in [-0.2, 0) is 32.5 Å². The van der Waals surface area contributed by atoms with Crippen LogP contribution in [0.15, 0.2) is 50.1 Å². The van der Waals surface area contributed by atoms with E-state index in [1.807, 2.05) is 27.7 Å². The maximum Gasteiger partial charge on any atom is 0.323 e. The first-order valence-electron chi connectivity index (χ1n) is 11.4. The summed E-state index contributed by atoms with van der Waals surface area (Å²) in [4.78, 5) is 25.3. The Balaban J connectivity index is 6.79. The van der Waals surface area contributed by atoms with E-state index in [-0.39, 0.29) is 37.8 Å². The van der Waals surface area contributed by atoms with Crippen LogP contribution < -0.4 is 0 Å². The highest BCUT2D eigenvalue weighted by atomic mass is 31.2. The summed E-state index contributed by atoms with van der Waals surface area (Å²) in [5.74, 6) is 0.866. The molecule has 0 aliphatic heterocycles. The molecule has 0 saturated carbocycles. The molecule has 0 saturated heterocycles. The third-order valence-corrected chi connectivity index (χ3v) is 10.2. The second kappa shape index (κ2) is 15.4. The maximum absolute atomic E-state index is 14.2. The zero-order valence-electron chi connectivity index (χ0n) is 21.9. The van der Waals surface area contributed by atoms with E-state index >= 15 is 0 Å². The van der Waals surface area contributed by atoms with Crippen LogP contribution in [0, 0.1) is 11.8 Å². The van der Waals surface area contributed by atoms with Crippen molar-refractivity contribution in [2.45, 2.75) is 52.6 Å². The number of nitrogens with zero attached hydrogens (tertiary/aromatic N) is 2. The Labute approximate surface area is 210 Å². The fraction of sp³-hybridized carbons (Fsp3) is 0.583. The Morgan fingerprint density at radius 2 is 1.06 bits per heavy atom. The van der Waals surface area contributed by atoms with Crippen molar-refractivity contribution >= 4 is 27.0 Å². The fourth-order valence-corrected chi connectivity index (χ4v) is 8.40. The van der Waals surface area contributed by atoms with E-state index in [1.165, 1.54) is 35.7 Å². The molecule has 0 aromatic rings. The highest BCUT2D eigenvalue weighted by molar-refractivity contribution is 7.72. The summed E-state index contributed by atoms with van der Waals surface area (Å²) < 4.78 is 46.8. The molecule has 0 aliphatic rings. The molecule has 0 amide bonds. The zero-order chi connectivity index (χ0) is 27.4. The average molecular weight is 533 g/mol. The van der Waals surface area contributed by atoms with Gasteiger partial charge in [0.25, 0.3) is 0 Å². The van der Waals surface area contributed by atoms with Gasteiger partial charge in [0.2, 0.25) is 0 Å². The number of hydrogen-bond acceptors (Lipinski definition) is 7. The molecule has 0 aromatic heterocycles. The number of hydrogen-bond donors (Lipinski definition) is 0. The van der Waals surface area contributed by atoms with E-state index < -0.39 is 39.1 Å². The maximum atomic E-state index is 14.2. The first-order valence-corrected chi connectivity index (χ1v) is 14.7. The van der Waals surface area contributed by atoms with Crippen LogP contribution in [0.4, 0.5) is 0 Å². The summed E-state index contributed by atoms with van der Waals surface area (Å²) in [5, 5.41) is 0. The molecule has 0 radical (unpaired) electrons.